The second kappa shape index (κ2) is 6.31. The molecule has 14 heavy (non-hydrogen) atoms. The molecule has 1 aliphatic heterocycles. The first kappa shape index (κ1) is 12.8. The molecule has 0 aliphatic carbocycles. The van der Waals surface area contributed by atoms with Crippen molar-refractivity contribution in [3.8, 4) is 0 Å². The van der Waals surface area contributed by atoms with Crippen LogP contribution in [0.3, 0.4) is 0 Å². The van der Waals surface area contributed by atoms with Gasteiger partial charge in [-0.3, -0.25) is 0 Å². The molecule has 1 nitrogen and oxygen atoms in total. The molecule has 0 aromatic carbocycles. The fourth-order valence-corrected chi connectivity index (χ4v) is 2.59. The molecular weight excluding hydrogens is 287 g/mol. The second-order valence-electron chi connectivity index (χ2n) is 4.73. The zero-order valence-electron chi connectivity index (χ0n) is 9.52. The molecule has 0 radical (unpaired) electrons. The Labute approximate surface area is 102 Å². The minimum atomic E-state index is 0.217. The highest BCUT2D eigenvalue weighted by atomic mass is 127. The second-order valence-corrected chi connectivity index (χ2v) is 5.49. The van der Waals surface area contributed by atoms with E-state index in [4.69, 9.17) is 4.74 Å². The van der Waals surface area contributed by atoms with Gasteiger partial charge in [-0.05, 0) is 13.3 Å². The summed E-state index contributed by atoms with van der Waals surface area (Å²) in [7, 11) is 0. The van der Waals surface area contributed by atoms with E-state index in [0.29, 0.717) is 6.10 Å². The Hall–Kier alpha value is 0.690. The van der Waals surface area contributed by atoms with Crippen LogP contribution in [-0.4, -0.2) is 16.1 Å². The molecule has 0 N–H and O–H groups in total. The number of hydrogen-bond acceptors (Lipinski definition) is 1. The standard InChI is InChI=1S/C12H23IO/c1-3-4-5-6-7-8-11-9-12(2,10-13)14-11/h11H,3-10H2,1-2H3/t11-,12+/m1/s1. The third kappa shape index (κ3) is 4.05. The van der Waals surface area contributed by atoms with Crippen molar-refractivity contribution in [1.29, 1.82) is 0 Å². The molecule has 2 heteroatoms. The summed E-state index contributed by atoms with van der Waals surface area (Å²) in [5.41, 5.74) is 0.217. The third-order valence-corrected chi connectivity index (χ3v) is 4.64. The van der Waals surface area contributed by atoms with Crippen LogP contribution in [0.4, 0.5) is 0 Å². The topological polar surface area (TPSA) is 9.23 Å². The molecule has 1 rings (SSSR count). The Balaban J connectivity index is 1.91. The highest BCUT2D eigenvalue weighted by Gasteiger charge is 2.39. The van der Waals surface area contributed by atoms with Gasteiger partial charge in [0.05, 0.1) is 11.7 Å². The van der Waals surface area contributed by atoms with Crippen LogP contribution < -0.4 is 0 Å². The highest BCUT2D eigenvalue weighted by Crippen LogP contribution is 2.36. The summed E-state index contributed by atoms with van der Waals surface area (Å²) in [4.78, 5) is 0. The van der Waals surface area contributed by atoms with Gasteiger partial charge in [-0.1, -0.05) is 61.6 Å². The Morgan fingerprint density at radius 3 is 2.50 bits per heavy atom. The highest BCUT2D eigenvalue weighted by molar-refractivity contribution is 14.1. The van der Waals surface area contributed by atoms with E-state index in [-0.39, 0.29) is 5.60 Å². The van der Waals surface area contributed by atoms with E-state index in [9.17, 15) is 0 Å². The zero-order chi connectivity index (χ0) is 10.4. The van der Waals surface area contributed by atoms with E-state index in [1.165, 1.54) is 44.9 Å². The molecule has 1 heterocycles. The van der Waals surface area contributed by atoms with Crippen LogP contribution >= 0.6 is 22.6 Å². The van der Waals surface area contributed by atoms with Crippen molar-refractivity contribution in [3.05, 3.63) is 0 Å². The lowest BCUT2D eigenvalue weighted by Crippen LogP contribution is -2.49. The normalized spacial score (nSPS) is 31.5. The molecule has 0 amide bonds. The van der Waals surface area contributed by atoms with Gasteiger partial charge in [0.15, 0.2) is 0 Å². The minimum absolute atomic E-state index is 0.217. The Morgan fingerprint density at radius 2 is 1.93 bits per heavy atom. The van der Waals surface area contributed by atoms with E-state index in [1.54, 1.807) is 0 Å². The quantitative estimate of drug-likeness (QED) is 0.386. The average Bonchev–Trinajstić information content (AvgIpc) is 2.14. The molecule has 2 atom stereocenters. The van der Waals surface area contributed by atoms with Crippen LogP contribution in [0.1, 0.15) is 58.8 Å². The molecule has 0 saturated carbocycles. The number of halogens is 1. The fourth-order valence-electron chi connectivity index (χ4n) is 2.10. The van der Waals surface area contributed by atoms with Crippen molar-refractivity contribution in [1.82, 2.24) is 0 Å². The molecule has 0 spiro atoms. The minimum Gasteiger partial charge on any atom is -0.371 e. The van der Waals surface area contributed by atoms with Crippen molar-refractivity contribution < 1.29 is 4.74 Å². The summed E-state index contributed by atoms with van der Waals surface area (Å²) < 4.78 is 7.01. The van der Waals surface area contributed by atoms with Crippen molar-refractivity contribution in [2.24, 2.45) is 0 Å². The van der Waals surface area contributed by atoms with Crippen LogP contribution in [-0.2, 0) is 4.74 Å². The van der Waals surface area contributed by atoms with E-state index >= 15 is 0 Å². The van der Waals surface area contributed by atoms with Crippen LogP contribution in [0.2, 0.25) is 0 Å². The summed E-state index contributed by atoms with van der Waals surface area (Å²) in [5.74, 6) is 0. The van der Waals surface area contributed by atoms with Gasteiger partial charge in [0.1, 0.15) is 0 Å². The molecule has 1 fully saturated rings. The van der Waals surface area contributed by atoms with Crippen LogP contribution in [0.5, 0.6) is 0 Å². The van der Waals surface area contributed by atoms with Crippen LogP contribution in [0.25, 0.3) is 0 Å². The summed E-state index contributed by atoms with van der Waals surface area (Å²) in [6.07, 6.45) is 10.1. The molecular formula is C12H23IO. The first-order valence-electron chi connectivity index (χ1n) is 5.94. The van der Waals surface area contributed by atoms with Gasteiger partial charge in [0.2, 0.25) is 0 Å². The molecule has 84 valence electrons. The molecule has 0 unspecified atom stereocenters. The first-order valence-corrected chi connectivity index (χ1v) is 7.46. The number of unbranched alkanes of at least 4 members (excludes halogenated alkanes) is 4. The van der Waals surface area contributed by atoms with Gasteiger partial charge in [-0.2, -0.15) is 0 Å². The smallest absolute Gasteiger partial charge is 0.0771 e. The molecule has 1 aliphatic rings. The monoisotopic (exact) mass is 310 g/mol. The van der Waals surface area contributed by atoms with Crippen LogP contribution in [0, 0.1) is 0 Å². The Morgan fingerprint density at radius 1 is 1.29 bits per heavy atom. The van der Waals surface area contributed by atoms with Gasteiger partial charge >= 0.3 is 0 Å². The summed E-state index contributed by atoms with van der Waals surface area (Å²) in [5, 5.41) is 0. The lowest BCUT2D eigenvalue weighted by molar-refractivity contribution is -0.181. The summed E-state index contributed by atoms with van der Waals surface area (Å²) in [6.45, 7) is 4.49. The van der Waals surface area contributed by atoms with E-state index in [1.807, 2.05) is 0 Å². The first-order chi connectivity index (χ1) is 6.70. The van der Waals surface area contributed by atoms with E-state index in [2.05, 4.69) is 36.4 Å². The number of ether oxygens (including phenoxy) is 1. The van der Waals surface area contributed by atoms with Gasteiger partial charge in [0.25, 0.3) is 0 Å². The third-order valence-electron chi connectivity index (χ3n) is 3.02. The number of rotatable bonds is 7. The molecule has 1 saturated heterocycles. The van der Waals surface area contributed by atoms with Gasteiger partial charge in [-0.15, -0.1) is 0 Å². The summed E-state index contributed by atoms with van der Waals surface area (Å²) >= 11 is 2.42. The Kier molecular flexibility index (Phi) is 5.75. The maximum absolute atomic E-state index is 5.87. The predicted molar refractivity (Wildman–Crippen MR) is 70.2 cm³/mol. The lowest BCUT2D eigenvalue weighted by Gasteiger charge is -2.44. The number of alkyl halides is 1. The molecule has 0 bridgehead atoms. The van der Waals surface area contributed by atoms with E-state index < -0.39 is 0 Å². The lowest BCUT2D eigenvalue weighted by atomic mass is 9.90. The maximum atomic E-state index is 5.87. The summed E-state index contributed by atoms with van der Waals surface area (Å²) in [6, 6.07) is 0. The van der Waals surface area contributed by atoms with Crippen molar-refractivity contribution in [2.45, 2.75) is 70.5 Å². The van der Waals surface area contributed by atoms with Crippen molar-refractivity contribution in [3.63, 3.8) is 0 Å². The van der Waals surface area contributed by atoms with Gasteiger partial charge in [-0.25, -0.2) is 0 Å². The Bertz CT molecular complexity index is 152. The average molecular weight is 310 g/mol. The van der Waals surface area contributed by atoms with E-state index in [0.717, 1.165) is 4.43 Å². The fraction of sp³-hybridized carbons (Fsp3) is 1.00. The van der Waals surface area contributed by atoms with Crippen LogP contribution in [0.15, 0.2) is 0 Å². The number of hydrogen-bond donors (Lipinski definition) is 0. The molecule has 0 aromatic heterocycles. The zero-order valence-corrected chi connectivity index (χ0v) is 11.7. The van der Waals surface area contributed by atoms with Crippen molar-refractivity contribution >= 4 is 22.6 Å². The maximum Gasteiger partial charge on any atom is 0.0771 e. The van der Waals surface area contributed by atoms with Gasteiger partial charge < -0.3 is 4.74 Å². The van der Waals surface area contributed by atoms with Gasteiger partial charge in [0, 0.05) is 10.8 Å². The predicted octanol–water partition coefficient (Wildman–Crippen LogP) is 4.33. The SMILES string of the molecule is CCCCCCC[C@@H]1C[C@@](C)(CI)O1. The largest absolute Gasteiger partial charge is 0.371 e. The molecule has 0 aromatic rings. The van der Waals surface area contributed by atoms with Crippen molar-refractivity contribution in [2.75, 3.05) is 4.43 Å².